The van der Waals surface area contributed by atoms with Crippen molar-refractivity contribution >= 4 is 5.97 Å². The molecule has 0 bridgehead atoms. The van der Waals surface area contributed by atoms with Crippen molar-refractivity contribution in [1.82, 2.24) is 0 Å². The topological polar surface area (TPSA) is 300 Å². The Kier molecular flexibility index (Phi) is 14.7. The number of aliphatic carboxylic acids is 1. The Morgan fingerprint density at radius 1 is 0.806 bits per heavy atom. The predicted octanol–water partition coefficient (Wildman–Crippen LogP) is -12.2. The average Bonchev–Trinajstić information content (AvgIpc) is 2.84. The minimum absolute atomic E-state index is 0. The first-order valence-electron chi connectivity index (χ1n) is 10.5. The maximum Gasteiger partial charge on any atom is 1.00 e. The summed E-state index contributed by atoms with van der Waals surface area (Å²) in [6, 6.07) is 0. The quantitative estimate of drug-likeness (QED) is 0.105. The van der Waals surface area contributed by atoms with Crippen LogP contribution in [0.3, 0.4) is 0 Å². The number of aliphatic hydroxyl groups excluding tert-OH is 11. The van der Waals surface area contributed by atoms with Gasteiger partial charge in [-0.3, -0.25) is 0 Å². The summed E-state index contributed by atoms with van der Waals surface area (Å²) in [5.41, 5.74) is 0. The van der Waals surface area contributed by atoms with Crippen LogP contribution in [-0.2, 0) is 23.7 Å². The van der Waals surface area contributed by atoms with Crippen LogP contribution in [0.5, 0.6) is 0 Å². The van der Waals surface area contributed by atoms with Crippen LogP contribution in [0.1, 0.15) is 0 Å². The van der Waals surface area contributed by atoms with Crippen molar-refractivity contribution in [2.45, 2.75) is 85.8 Å². The van der Waals surface area contributed by atoms with Crippen LogP contribution in [0.2, 0.25) is 0 Å². The molecule has 2 saturated heterocycles. The maximum absolute atomic E-state index is 10.8. The Hall–Kier alpha value is 0.506. The van der Waals surface area contributed by atoms with Crippen LogP contribution in [0.4, 0.5) is 0 Å². The van der Waals surface area contributed by atoms with E-state index in [1.807, 2.05) is 0 Å². The van der Waals surface area contributed by atoms with Crippen molar-refractivity contribution in [1.29, 1.82) is 0 Å². The summed E-state index contributed by atoms with van der Waals surface area (Å²) in [7, 11) is 0. The summed E-state index contributed by atoms with van der Waals surface area (Å²) in [6.07, 6.45) is -27.0. The van der Waals surface area contributed by atoms with E-state index in [4.69, 9.17) is 24.1 Å². The first-order chi connectivity index (χ1) is 16.4. The number of rotatable bonds is 11. The minimum atomic E-state index is -2.59. The monoisotopic (exact) mass is 558 g/mol. The molecule has 0 aromatic rings. The SMILES string of the molecule is O=C([O-])C(O)[C@@H](O)[C@H](O[C@H]1OC(CO)[C@@H](O[C@H]2OC(CO)[C@@H](O)[C@H](O)C2O)[C@H](O)C1O)C(O)CO.[K+]. The number of carboxylic acid groups (broad SMARTS) is 1. The van der Waals surface area contributed by atoms with E-state index in [-0.39, 0.29) is 51.4 Å². The van der Waals surface area contributed by atoms with Crippen molar-refractivity contribution < 1.29 is 136 Å². The number of carbonyl (C=O) groups excluding carboxylic acids is 1. The van der Waals surface area contributed by atoms with Gasteiger partial charge in [-0.1, -0.05) is 0 Å². The summed E-state index contributed by atoms with van der Waals surface area (Å²) in [5, 5.41) is 119. The van der Waals surface area contributed by atoms with Gasteiger partial charge >= 0.3 is 51.4 Å². The maximum atomic E-state index is 10.8. The molecule has 0 aromatic carbocycles. The standard InChI is InChI=1S/C18H32O17.K/c19-1-4(22)14(9(25)11(27)16(30)31)34-18-13(29)10(26)15(6(3-21)33-18)35-17-12(28)8(24)7(23)5(2-20)32-17;/h4-15,17-29H,1-3H2,(H,30,31);/q;+1/p-1/t4?,5?,6?,7-,8+,9-,10-,11?,12?,13?,14-,15-,17-,18-;/m1./s1. The number of aliphatic hydroxyl groups is 11. The number of ether oxygens (including phenoxy) is 4. The molecule has 0 saturated carbocycles. The Morgan fingerprint density at radius 3 is 1.83 bits per heavy atom. The van der Waals surface area contributed by atoms with Crippen LogP contribution in [0, 0.1) is 0 Å². The first kappa shape index (κ1) is 34.5. The Bertz CT molecular complexity index is 670. The third kappa shape index (κ3) is 7.79. The fourth-order valence-corrected chi connectivity index (χ4v) is 3.64. The number of carboxylic acids is 1. The second kappa shape index (κ2) is 15.3. The van der Waals surface area contributed by atoms with Gasteiger partial charge in [0.1, 0.15) is 73.2 Å². The second-order valence-corrected chi connectivity index (χ2v) is 8.11. The third-order valence-electron chi connectivity index (χ3n) is 5.72. The molecular weight excluding hydrogens is 527 g/mol. The van der Waals surface area contributed by atoms with Crippen molar-refractivity contribution in [3.05, 3.63) is 0 Å². The summed E-state index contributed by atoms with van der Waals surface area (Å²) in [4.78, 5) is 10.8. The zero-order chi connectivity index (χ0) is 26.6. The molecule has 0 radical (unpaired) electrons. The molecule has 2 rings (SSSR count). The molecule has 0 aromatic heterocycles. The summed E-state index contributed by atoms with van der Waals surface area (Å²) >= 11 is 0. The second-order valence-electron chi connectivity index (χ2n) is 8.11. The molecule has 6 unspecified atom stereocenters. The smallest absolute Gasteiger partial charge is 0.547 e. The van der Waals surface area contributed by atoms with Gasteiger partial charge in [-0.15, -0.1) is 0 Å². The van der Waals surface area contributed by atoms with E-state index in [9.17, 15) is 61.0 Å². The number of hydrogen-bond acceptors (Lipinski definition) is 17. The zero-order valence-electron chi connectivity index (χ0n) is 19.1. The van der Waals surface area contributed by atoms with Crippen molar-refractivity contribution in [3.8, 4) is 0 Å². The number of carbonyl (C=O) groups is 1. The molecule has 18 heteroatoms. The molecule has 0 aliphatic carbocycles. The van der Waals surface area contributed by atoms with E-state index in [2.05, 4.69) is 0 Å². The molecule has 14 atom stereocenters. The van der Waals surface area contributed by atoms with Crippen molar-refractivity contribution in [2.75, 3.05) is 19.8 Å². The fourth-order valence-electron chi connectivity index (χ4n) is 3.64. The largest absolute Gasteiger partial charge is 1.00 e. The summed E-state index contributed by atoms with van der Waals surface area (Å²) in [5.74, 6) is -2.15. The van der Waals surface area contributed by atoms with E-state index in [1.165, 1.54) is 0 Å². The zero-order valence-corrected chi connectivity index (χ0v) is 22.2. The Morgan fingerprint density at radius 2 is 1.33 bits per heavy atom. The van der Waals surface area contributed by atoms with Gasteiger partial charge in [-0.2, -0.15) is 0 Å². The molecule has 2 aliphatic heterocycles. The first-order valence-corrected chi connectivity index (χ1v) is 10.5. The average molecular weight is 559 g/mol. The van der Waals surface area contributed by atoms with E-state index in [1.54, 1.807) is 0 Å². The minimum Gasteiger partial charge on any atom is -0.547 e. The molecule has 0 spiro atoms. The molecule has 2 aliphatic rings. The molecular formula is C18H31KO17. The van der Waals surface area contributed by atoms with Gasteiger partial charge in [0.15, 0.2) is 12.6 Å². The van der Waals surface area contributed by atoms with E-state index >= 15 is 0 Å². The normalized spacial score (nSPS) is 40.5. The van der Waals surface area contributed by atoms with Gasteiger partial charge in [0.05, 0.1) is 25.8 Å². The van der Waals surface area contributed by atoms with E-state index < -0.39 is 112 Å². The number of hydrogen-bond donors (Lipinski definition) is 11. The van der Waals surface area contributed by atoms with Crippen LogP contribution in [0.15, 0.2) is 0 Å². The van der Waals surface area contributed by atoms with Gasteiger partial charge < -0.3 is 85.0 Å². The molecule has 11 N–H and O–H groups in total. The Labute approximate surface area is 246 Å². The van der Waals surface area contributed by atoms with Gasteiger partial charge in [-0.25, -0.2) is 0 Å². The molecule has 2 heterocycles. The van der Waals surface area contributed by atoms with E-state index in [0.29, 0.717) is 0 Å². The molecule has 36 heavy (non-hydrogen) atoms. The predicted molar refractivity (Wildman–Crippen MR) is 101 cm³/mol. The summed E-state index contributed by atoms with van der Waals surface area (Å²) in [6.45, 7) is -2.81. The van der Waals surface area contributed by atoms with Gasteiger partial charge in [0.25, 0.3) is 0 Å². The van der Waals surface area contributed by atoms with Crippen LogP contribution >= 0.6 is 0 Å². The van der Waals surface area contributed by atoms with Crippen LogP contribution in [0.25, 0.3) is 0 Å². The molecule has 0 amide bonds. The van der Waals surface area contributed by atoms with Crippen LogP contribution in [-0.4, -0.2) is 168 Å². The van der Waals surface area contributed by atoms with Gasteiger partial charge in [0.2, 0.25) is 0 Å². The van der Waals surface area contributed by atoms with E-state index in [0.717, 1.165) is 0 Å². The molecule has 206 valence electrons. The summed E-state index contributed by atoms with van der Waals surface area (Å²) < 4.78 is 20.9. The molecule has 17 nitrogen and oxygen atoms in total. The van der Waals surface area contributed by atoms with Crippen molar-refractivity contribution in [3.63, 3.8) is 0 Å². The Balaban J connectivity index is 0.00000648. The van der Waals surface area contributed by atoms with Crippen molar-refractivity contribution in [2.24, 2.45) is 0 Å². The van der Waals surface area contributed by atoms with Crippen LogP contribution < -0.4 is 56.5 Å². The fraction of sp³-hybridized carbons (Fsp3) is 0.944. The van der Waals surface area contributed by atoms with Gasteiger partial charge in [-0.05, 0) is 0 Å². The molecule has 2 fully saturated rings. The third-order valence-corrected chi connectivity index (χ3v) is 5.72. The van der Waals surface area contributed by atoms with Gasteiger partial charge in [0, 0.05) is 0 Å².